The number of ether oxygens (including phenoxy) is 1. The molecule has 196 valence electrons. The molecule has 39 heavy (non-hydrogen) atoms. The van der Waals surface area contributed by atoms with E-state index in [9.17, 15) is 9.59 Å². The van der Waals surface area contributed by atoms with E-state index in [-0.39, 0.29) is 16.7 Å². The van der Waals surface area contributed by atoms with Crippen molar-refractivity contribution in [3.63, 3.8) is 0 Å². The van der Waals surface area contributed by atoms with Crippen LogP contribution in [0.15, 0.2) is 79.0 Å². The fourth-order valence-electron chi connectivity index (χ4n) is 4.51. The summed E-state index contributed by atoms with van der Waals surface area (Å²) < 4.78 is 7.02. The van der Waals surface area contributed by atoms with Crippen molar-refractivity contribution in [1.82, 2.24) is 15.1 Å². The molecule has 8 nitrogen and oxygen atoms in total. The number of anilines is 1. The van der Waals surface area contributed by atoms with E-state index >= 15 is 0 Å². The molecule has 1 atom stereocenters. The lowest BCUT2D eigenvalue weighted by molar-refractivity contribution is -0.122. The molecule has 3 aromatic carbocycles. The van der Waals surface area contributed by atoms with Crippen molar-refractivity contribution in [1.29, 1.82) is 5.26 Å². The molecular formula is C29H23Cl2N5O3. The summed E-state index contributed by atoms with van der Waals surface area (Å²) in [5.74, 6) is 0.0158. The molecule has 1 aliphatic rings. The molecule has 5 rings (SSSR count). The van der Waals surface area contributed by atoms with Gasteiger partial charge in [0.25, 0.3) is 0 Å². The number of rotatable bonds is 7. The Balaban J connectivity index is 1.29. The number of nitrogens with one attached hydrogen (secondary N) is 2. The molecule has 0 radical (unpaired) electrons. The third kappa shape index (κ3) is 5.32. The average molecular weight is 560 g/mol. The highest BCUT2D eigenvalue weighted by Gasteiger charge is 2.51. The van der Waals surface area contributed by atoms with Crippen molar-refractivity contribution < 1.29 is 14.3 Å². The highest BCUT2D eigenvalue weighted by atomic mass is 35.5. The molecule has 2 amide bonds. The number of carbonyl (C=O) groups is 2. The molecule has 4 aromatic rings. The van der Waals surface area contributed by atoms with Crippen molar-refractivity contribution in [3.8, 4) is 23.0 Å². The molecule has 0 saturated heterocycles. The van der Waals surface area contributed by atoms with Crippen LogP contribution in [0.1, 0.15) is 37.0 Å². The molecule has 2 N–H and O–H groups in total. The fraction of sp³-hybridized carbons (Fsp3) is 0.172. The predicted octanol–water partition coefficient (Wildman–Crippen LogP) is 6.78. The van der Waals surface area contributed by atoms with Gasteiger partial charge < -0.3 is 4.74 Å². The first-order valence-corrected chi connectivity index (χ1v) is 12.9. The zero-order chi connectivity index (χ0) is 27.6. The Bertz CT molecular complexity index is 1570. The number of hydrogen-bond donors (Lipinski definition) is 2. The topological polar surface area (TPSA) is 109 Å². The maximum atomic E-state index is 12.6. The second-order valence-electron chi connectivity index (χ2n) is 9.22. The largest absolute Gasteiger partial charge is 0.441 e. The van der Waals surface area contributed by atoms with Gasteiger partial charge in [-0.2, -0.15) is 10.4 Å². The second kappa shape index (κ2) is 10.8. The lowest BCUT2D eigenvalue weighted by atomic mass is 9.93. The molecule has 1 aromatic heterocycles. The maximum absolute atomic E-state index is 12.6. The van der Waals surface area contributed by atoms with E-state index in [4.69, 9.17) is 33.2 Å². The zero-order valence-corrected chi connectivity index (χ0v) is 22.3. The van der Waals surface area contributed by atoms with E-state index in [1.807, 2.05) is 54.6 Å². The summed E-state index contributed by atoms with van der Waals surface area (Å²) in [6.07, 6.45) is 3.35. The van der Waals surface area contributed by atoms with Crippen LogP contribution in [0.2, 0.25) is 10.0 Å². The average Bonchev–Trinajstić information content (AvgIpc) is 3.68. The van der Waals surface area contributed by atoms with Crippen molar-refractivity contribution in [2.45, 2.75) is 31.3 Å². The van der Waals surface area contributed by atoms with Crippen LogP contribution in [0.5, 0.6) is 0 Å². The third-order valence-electron chi connectivity index (χ3n) is 6.81. The lowest BCUT2D eigenvalue weighted by Crippen LogP contribution is -2.31. The van der Waals surface area contributed by atoms with Crippen LogP contribution in [0.25, 0.3) is 16.8 Å². The van der Waals surface area contributed by atoms with Gasteiger partial charge in [0.2, 0.25) is 5.91 Å². The van der Waals surface area contributed by atoms with Crippen molar-refractivity contribution in [2.24, 2.45) is 0 Å². The number of benzene rings is 3. The molecule has 0 bridgehead atoms. The van der Waals surface area contributed by atoms with E-state index < -0.39 is 17.6 Å². The summed E-state index contributed by atoms with van der Waals surface area (Å²) in [4.78, 5) is 24.9. The van der Waals surface area contributed by atoms with Gasteiger partial charge in [0.05, 0.1) is 17.3 Å². The van der Waals surface area contributed by atoms with Crippen molar-refractivity contribution >= 4 is 41.0 Å². The minimum absolute atomic E-state index is 0.256. The van der Waals surface area contributed by atoms with Gasteiger partial charge in [-0.15, -0.1) is 0 Å². The van der Waals surface area contributed by atoms with Crippen LogP contribution >= 0.6 is 23.2 Å². The molecular weight excluding hydrogens is 537 g/mol. The summed E-state index contributed by atoms with van der Waals surface area (Å²) in [6, 6.07) is 22.5. The van der Waals surface area contributed by atoms with Gasteiger partial charge >= 0.3 is 6.09 Å². The summed E-state index contributed by atoms with van der Waals surface area (Å²) in [6.45, 7) is 1.73. The molecule has 0 aliphatic heterocycles. The van der Waals surface area contributed by atoms with Crippen LogP contribution in [-0.4, -0.2) is 21.8 Å². The normalized spacial score (nSPS) is 14.1. The SMILES string of the molecule is C[C@@H](OC(=O)Nc1c(Cl)cnn1-c1ccc(-c2ccc(C3(C(=O)NC#N)CC3)cc2)cc1)c1ccccc1Cl. The van der Waals surface area contributed by atoms with Gasteiger partial charge in [0, 0.05) is 10.6 Å². The van der Waals surface area contributed by atoms with Gasteiger partial charge in [-0.05, 0) is 54.7 Å². The van der Waals surface area contributed by atoms with Crippen LogP contribution in [-0.2, 0) is 14.9 Å². The van der Waals surface area contributed by atoms with Crippen LogP contribution < -0.4 is 10.6 Å². The Morgan fingerprint density at radius 2 is 1.64 bits per heavy atom. The first kappa shape index (κ1) is 26.3. The predicted molar refractivity (Wildman–Crippen MR) is 149 cm³/mol. The van der Waals surface area contributed by atoms with Crippen molar-refractivity contribution in [2.75, 3.05) is 5.32 Å². The van der Waals surface area contributed by atoms with Gasteiger partial charge in [0.15, 0.2) is 12.0 Å². The standard InChI is InChI=1S/C29H23Cl2N5O3/c1-18(23-4-2-3-5-24(23)30)39-28(38)35-26-25(31)16-34-36(26)22-12-8-20(9-13-22)19-6-10-21(11-7-19)29(14-15-29)27(37)33-17-32/h2-13,16,18H,14-15H2,1H3,(H,33,37)(H,35,38)/t18-/m1/s1. The maximum Gasteiger partial charge on any atom is 0.413 e. The number of hydrogen-bond acceptors (Lipinski definition) is 5. The molecule has 1 heterocycles. The number of carbonyl (C=O) groups excluding carboxylic acids is 2. The van der Waals surface area contributed by atoms with Gasteiger partial charge in [-0.1, -0.05) is 77.8 Å². The van der Waals surface area contributed by atoms with E-state index in [0.717, 1.165) is 29.5 Å². The molecule has 0 spiro atoms. The molecule has 1 fully saturated rings. The Kier molecular flexibility index (Phi) is 7.29. The smallest absolute Gasteiger partial charge is 0.413 e. The van der Waals surface area contributed by atoms with Crippen LogP contribution in [0.4, 0.5) is 10.6 Å². The highest BCUT2D eigenvalue weighted by Crippen LogP contribution is 2.48. The number of nitriles is 1. The number of aromatic nitrogens is 2. The molecule has 0 unspecified atom stereocenters. The Hall–Kier alpha value is -4.32. The molecule has 1 aliphatic carbocycles. The van der Waals surface area contributed by atoms with E-state index in [1.54, 1.807) is 31.3 Å². The van der Waals surface area contributed by atoms with E-state index in [2.05, 4.69) is 15.7 Å². The first-order valence-electron chi connectivity index (χ1n) is 12.2. The lowest BCUT2D eigenvalue weighted by Gasteiger charge is -2.16. The van der Waals surface area contributed by atoms with Crippen molar-refractivity contribution in [3.05, 3.63) is 100 Å². The minimum atomic E-state index is -0.695. The first-order chi connectivity index (χ1) is 18.8. The minimum Gasteiger partial charge on any atom is -0.441 e. The second-order valence-corrected chi connectivity index (χ2v) is 10.0. The number of halogens is 2. The Labute approximate surface area is 235 Å². The Morgan fingerprint density at radius 3 is 2.26 bits per heavy atom. The summed E-state index contributed by atoms with van der Waals surface area (Å²) >= 11 is 12.5. The summed E-state index contributed by atoms with van der Waals surface area (Å²) in [5.41, 5.74) is 3.59. The fourth-order valence-corrected chi connectivity index (χ4v) is 4.97. The highest BCUT2D eigenvalue weighted by molar-refractivity contribution is 6.33. The van der Waals surface area contributed by atoms with Crippen LogP contribution in [0, 0.1) is 11.5 Å². The van der Waals surface area contributed by atoms with Gasteiger partial charge in [0.1, 0.15) is 11.1 Å². The van der Waals surface area contributed by atoms with Gasteiger partial charge in [-0.3, -0.25) is 15.4 Å². The van der Waals surface area contributed by atoms with E-state index in [1.165, 1.54) is 10.9 Å². The molecule has 1 saturated carbocycles. The zero-order valence-electron chi connectivity index (χ0n) is 20.8. The summed E-state index contributed by atoms with van der Waals surface area (Å²) in [5, 5.41) is 18.8. The number of nitrogens with zero attached hydrogens (tertiary/aromatic N) is 3. The summed E-state index contributed by atoms with van der Waals surface area (Å²) in [7, 11) is 0. The quantitative estimate of drug-likeness (QED) is 0.191. The Morgan fingerprint density at radius 1 is 1.00 bits per heavy atom. The van der Waals surface area contributed by atoms with Gasteiger partial charge in [-0.25, -0.2) is 9.48 Å². The molecule has 10 heteroatoms. The van der Waals surface area contributed by atoms with Crippen LogP contribution in [0.3, 0.4) is 0 Å². The third-order valence-corrected chi connectivity index (χ3v) is 7.43. The number of amides is 2. The monoisotopic (exact) mass is 559 g/mol. The van der Waals surface area contributed by atoms with E-state index in [0.29, 0.717) is 16.3 Å².